The van der Waals surface area contributed by atoms with Crippen molar-refractivity contribution >= 4 is 27.4 Å². The van der Waals surface area contributed by atoms with E-state index in [-0.39, 0.29) is 5.41 Å². The van der Waals surface area contributed by atoms with Crippen LogP contribution in [-0.2, 0) is 5.41 Å². The van der Waals surface area contributed by atoms with Gasteiger partial charge in [0.15, 0.2) is 0 Å². The van der Waals surface area contributed by atoms with Crippen molar-refractivity contribution in [1.82, 2.24) is 4.57 Å². The molecule has 0 N–H and O–H groups in total. The number of fused-ring (bicyclic) bond motifs is 3. The lowest BCUT2D eigenvalue weighted by Crippen LogP contribution is -2.14. The van der Waals surface area contributed by atoms with E-state index in [1.165, 1.54) is 38.6 Å². The van der Waals surface area contributed by atoms with Gasteiger partial charge in [-0.2, -0.15) is 0 Å². The molecule has 1 heterocycles. The van der Waals surface area contributed by atoms with Gasteiger partial charge in [0.25, 0.3) is 0 Å². The first-order valence-corrected chi connectivity index (χ1v) is 9.17. The van der Waals surface area contributed by atoms with Crippen molar-refractivity contribution < 1.29 is 0 Å². The van der Waals surface area contributed by atoms with Gasteiger partial charge in [0.1, 0.15) is 0 Å². The van der Waals surface area contributed by atoms with E-state index in [9.17, 15) is 0 Å². The van der Waals surface area contributed by atoms with E-state index in [0.29, 0.717) is 0 Å². The summed E-state index contributed by atoms with van der Waals surface area (Å²) < 4.78 is 2.38. The Bertz CT molecular complexity index is 1080. The fraction of sp³-hybridized carbons (Fsp3) is 0.200. The number of allylic oxidation sites excluding steroid dienone is 1. The Morgan fingerprint density at radius 1 is 0.808 bits per heavy atom. The molecular formula is C25H25N. The quantitative estimate of drug-likeness (QED) is 0.366. The van der Waals surface area contributed by atoms with E-state index in [0.717, 1.165) is 5.57 Å². The van der Waals surface area contributed by atoms with E-state index in [4.69, 9.17) is 0 Å². The third kappa shape index (κ3) is 2.55. The van der Waals surface area contributed by atoms with Gasteiger partial charge in [-0.3, -0.25) is 0 Å². The molecule has 0 aliphatic heterocycles. The Morgan fingerprint density at radius 2 is 1.35 bits per heavy atom. The normalized spacial score (nSPS) is 12.0. The van der Waals surface area contributed by atoms with Gasteiger partial charge in [0.05, 0.1) is 11.0 Å². The standard InChI is InChI=1S/C25H25N/c1-17(2)19-15-14-18(16-22(19)25(3,4)5)26-23-12-8-6-10-20(23)21-11-7-9-13-24(21)26/h6-16H,1H2,2-5H3. The van der Waals surface area contributed by atoms with Gasteiger partial charge in [-0.25, -0.2) is 0 Å². The largest absolute Gasteiger partial charge is 0.309 e. The molecule has 0 atom stereocenters. The predicted molar refractivity (Wildman–Crippen MR) is 114 cm³/mol. The maximum absolute atomic E-state index is 4.19. The molecule has 3 aromatic carbocycles. The Morgan fingerprint density at radius 3 is 1.85 bits per heavy atom. The fourth-order valence-corrected chi connectivity index (χ4v) is 3.86. The molecule has 0 unspecified atom stereocenters. The summed E-state index contributed by atoms with van der Waals surface area (Å²) in [5, 5.41) is 2.59. The van der Waals surface area contributed by atoms with Gasteiger partial charge in [-0.05, 0) is 47.7 Å². The van der Waals surface area contributed by atoms with Crippen LogP contribution in [0.1, 0.15) is 38.8 Å². The molecule has 4 rings (SSSR count). The first-order valence-electron chi connectivity index (χ1n) is 9.17. The highest BCUT2D eigenvalue weighted by Gasteiger charge is 2.20. The Labute approximate surface area is 155 Å². The summed E-state index contributed by atoms with van der Waals surface area (Å²) in [6.45, 7) is 13.1. The van der Waals surface area contributed by atoms with E-state index in [1.54, 1.807) is 0 Å². The van der Waals surface area contributed by atoms with Gasteiger partial charge in [-0.1, -0.05) is 75.4 Å². The van der Waals surface area contributed by atoms with Gasteiger partial charge in [0, 0.05) is 16.5 Å². The van der Waals surface area contributed by atoms with Gasteiger partial charge < -0.3 is 4.57 Å². The summed E-state index contributed by atoms with van der Waals surface area (Å²) in [5.41, 5.74) is 7.46. The molecule has 0 aliphatic rings. The number of rotatable bonds is 2. The summed E-state index contributed by atoms with van der Waals surface area (Å²) in [7, 11) is 0. The molecule has 1 heteroatoms. The zero-order valence-corrected chi connectivity index (χ0v) is 16.0. The summed E-state index contributed by atoms with van der Waals surface area (Å²) in [5.74, 6) is 0. The molecule has 0 spiro atoms. The van der Waals surface area contributed by atoms with Gasteiger partial charge >= 0.3 is 0 Å². The Balaban J connectivity index is 2.09. The molecule has 0 saturated heterocycles. The maximum atomic E-state index is 4.19. The molecule has 130 valence electrons. The van der Waals surface area contributed by atoms with Crippen LogP contribution in [0.3, 0.4) is 0 Å². The Kier molecular flexibility index (Phi) is 3.77. The number of hydrogen-bond donors (Lipinski definition) is 0. The van der Waals surface area contributed by atoms with E-state index in [1.807, 2.05) is 0 Å². The number of hydrogen-bond acceptors (Lipinski definition) is 0. The van der Waals surface area contributed by atoms with Crippen LogP contribution in [0.25, 0.3) is 33.1 Å². The molecule has 0 bridgehead atoms. The lowest BCUT2D eigenvalue weighted by Gasteiger charge is -2.24. The average molecular weight is 339 g/mol. The summed E-state index contributed by atoms with van der Waals surface area (Å²) in [4.78, 5) is 0. The van der Waals surface area contributed by atoms with Crippen molar-refractivity contribution in [3.8, 4) is 5.69 Å². The number of aromatic nitrogens is 1. The topological polar surface area (TPSA) is 4.93 Å². The van der Waals surface area contributed by atoms with Crippen LogP contribution in [0.2, 0.25) is 0 Å². The molecule has 0 aliphatic carbocycles. The van der Waals surface area contributed by atoms with E-state index >= 15 is 0 Å². The van der Waals surface area contributed by atoms with Crippen LogP contribution in [0.15, 0.2) is 73.3 Å². The van der Waals surface area contributed by atoms with Crippen molar-refractivity contribution in [3.05, 3.63) is 84.4 Å². The summed E-state index contributed by atoms with van der Waals surface area (Å²) in [6.07, 6.45) is 0. The van der Waals surface area contributed by atoms with E-state index < -0.39 is 0 Å². The first kappa shape index (κ1) is 16.7. The van der Waals surface area contributed by atoms with Gasteiger partial charge in [0.2, 0.25) is 0 Å². The Hall–Kier alpha value is -2.80. The first-order chi connectivity index (χ1) is 12.4. The molecular weight excluding hydrogens is 314 g/mol. The highest BCUT2D eigenvalue weighted by molar-refractivity contribution is 6.09. The number of para-hydroxylation sites is 2. The van der Waals surface area contributed by atoms with Crippen LogP contribution < -0.4 is 0 Å². The van der Waals surface area contributed by atoms with E-state index in [2.05, 4.69) is 106 Å². The smallest absolute Gasteiger partial charge is 0.0541 e. The third-order valence-electron chi connectivity index (χ3n) is 5.11. The monoisotopic (exact) mass is 339 g/mol. The van der Waals surface area contributed by atoms with Crippen LogP contribution in [0.5, 0.6) is 0 Å². The van der Waals surface area contributed by atoms with Crippen molar-refractivity contribution in [2.24, 2.45) is 0 Å². The minimum absolute atomic E-state index is 0.0586. The lowest BCUT2D eigenvalue weighted by atomic mass is 9.82. The summed E-state index contributed by atoms with van der Waals surface area (Å²) >= 11 is 0. The molecule has 1 nitrogen and oxygen atoms in total. The lowest BCUT2D eigenvalue weighted by molar-refractivity contribution is 0.588. The molecule has 0 saturated carbocycles. The molecule has 26 heavy (non-hydrogen) atoms. The molecule has 0 fully saturated rings. The maximum Gasteiger partial charge on any atom is 0.0541 e. The highest BCUT2D eigenvalue weighted by atomic mass is 15.0. The van der Waals surface area contributed by atoms with Crippen LogP contribution >= 0.6 is 0 Å². The predicted octanol–water partition coefficient (Wildman–Crippen LogP) is 7.11. The molecule has 4 aromatic rings. The van der Waals surface area contributed by atoms with Gasteiger partial charge in [-0.15, -0.1) is 0 Å². The minimum atomic E-state index is 0.0586. The highest BCUT2D eigenvalue weighted by Crippen LogP contribution is 2.35. The zero-order valence-electron chi connectivity index (χ0n) is 16.0. The van der Waals surface area contributed by atoms with Crippen LogP contribution in [-0.4, -0.2) is 4.57 Å². The van der Waals surface area contributed by atoms with Crippen molar-refractivity contribution in [1.29, 1.82) is 0 Å². The summed E-state index contributed by atoms with van der Waals surface area (Å²) in [6, 6.07) is 24.1. The second kappa shape index (κ2) is 5.88. The third-order valence-corrected chi connectivity index (χ3v) is 5.11. The SMILES string of the molecule is C=C(C)c1ccc(-n2c3ccccc3c3ccccc32)cc1C(C)(C)C. The van der Waals surface area contributed by atoms with Crippen molar-refractivity contribution in [3.63, 3.8) is 0 Å². The molecule has 1 aromatic heterocycles. The molecule has 0 radical (unpaired) electrons. The molecule has 0 amide bonds. The number of nitrogens with zero attached hydrogens (tertiary/aromatic N) is 1. The van der Waals surface area contributed by atoms with Crippen molar-refractivity contribution in [2.45, 2.75) is 33.1 Å². The number of benzene rings is 3. The average Bonchev–Trinajstić information content (AvgIpc) is 2.95. The second-order valence-corrected chi connectivity index (χ2v) is 8.13. The van der Waals surface area contributed by atoms with Crippen LogP contribution in [0, 0.1) is 0 Å². The second-order valence-electron chi connectivity index (χ2n) is 8.13. The van der Waals surface area contributed by atoms with Crippen LogP contribution in [0.4, 0.5) is 0 Å². The minimum Gasteiger partial charge on any atom is -0.309 e. The zero-order chi connectivity index (χ0) is 18.5. The van der Waals surface area contributed by atoms with Crippen molar-refractivity contribution in [2.75, 3.05) is 0 Å². The fourth-order valence-electron chi connectivity index (χ4n) is 3.86.